The molecule has 35 heavy (non-hydrogen) atoms. The van der Waals surface area contributed by atoms with Gasteiger partial charge in [-0.05, 0) is 49.3 Å². The number of hydrogen-bond donors (Lipinski definition) is 0. The van der Waals surface area contributed by atoms with Crippen LogP contribution in [0.4, 0.5) is 11.4 Å². The van der Waals surface area contributed by atoms with Gasteiger partial charge in [0.15, 0.2) is 0 Å². The van der Waals surface area contributed by atoms with Crippen molar-refractivity contribution in [3.05, 3.63) is 131 Å². The summed E-state index contributed by atoms with van der Waals surface area (Å²) in [5, 5.41) is 0. The molecule has 6 rings (SSSR count). The van der Waals surface area contributed by atoms with E-state index in [-0.39, 0.29) is 5.78 Å². The molecule has 0 fully saturated rings. The zero-order valence-electron chi connectivity index (χ0n) is 20.0. The normalized spacial score (nSPS) is 16.8. The van der Waals surface area contributed by atoms with Crippen molar-refractivity contribution in [1.29, 1.82) is 0 Å². The first-order valence-corrected chi connectivity index (χ1v) is 12.2. The standard InChI is InChI=1S/C31H27N3O/c1-3-32-25-17-11-12-18-26(25)33(4-2)31(32)24-19-20-34-27(21-24)30(35)28(22-13-7-5-8-14-22)29(34)23-15-9-6-10-16-23/h5-21H,3-4H2,1-2H3. The molecule has 0 unspecified atom stereocenters. The molecule has 0 aromatic heterocycles. The Morgan fingerprint density at radius 2 is 1.23 bits per heavy atom. The lowest BCUT2D eigenvalue weighted by Gasteiger charge is -2.28. The molecule has 0 aliphatic carbocycles. The number of carbonyl (C=O) groups excluding carboxylic acids is 1. The van der Waals surface area contributed by atoms with E-state index in [1.165, 1.54) is 11.4 Å². The second-order valence-corrected chi connectivity index (χ2v) is 8.76. The maximum absolute atomic E-state index is 14.0. The number of Topliss-reactive ketones (excluding diaryl/α,β-unsaturated/α-hetero) is 1. The van der Waals surface area contributed by atoms with Gasteiger partial charge in [-0.1, -0.05) is 72.8 Å². The number of benzene rings is 3. The van der Waals surface area contributed by atoms with Gasteiger partial charge in [-0.2, -0.15) is 0 Å². The summed E-state index contributed by atoms with van der Waals surface area (Å²) in [6, 6.07) is 28.7. The van der Waals surface area contributed by atoms with Crippen LogP contribution in [0.15, 0.2) is 120 Å². The third-order valence-electron chi connectivity index (χ3n) is 6.87. The second-order valence-electron chi connectivity index (χ2n) is 8.76. The van der Waals surface area contributed by atoms with Gasteiger partial charge in [-0.3, -0.25) is 4.79 Å². The number of anilines is 2. The lowest BCUT2D eigenvalue weighted by Crippen LogP contribution is -2.30. The Morgan fingerprint density at radius 1 is 0.686 bits per heavy atom. The Balaban J connectivity index is 1.52. The molecule has 0 atom stereocenters. The molecule has 4 nitrogen and oxygen atoms in total. The summed E-state index contributed by atoms with van der Waals surface area (Å²) in [6.45, 7) is 6.05. The van der Waals surface area contributed by atoms with Crippen LogP contribution in [0.1, 0.15) is 25.0 Å². The summed E-state index contributed by atoms with van der Waals surface area (Å²) in [5.41, 5.74) is 7.80. The van der Waals surface area contributed by atoms with Crippen molar-refractivity contribution in [3.63, 3.8) is 0 Å². The van der Waals surface area contributed by atoms with Crippen LogP contribution in [-0.4, -0.2) is 23.8 Å². The largest absolute Gasteiger partial charge is 0.326 e. The molecule has 3 aliphatic heterocycles. The molecular weight excluding hydrogens is 430 g/mol. The van der Waals surface area contributed by atoms with Crippen molar-refractivity contribution < 1.29 is 4.79 Å². The highest BCUT2D eigenvalue weighted by molar-refractivity contribution is 6.38. The van der Waals surface area contributed by atoms with Crippen LogP contribution >= 0.6 is 0 Å². The summed E-state index contributed by atoms with van der Waals surface area (Å²) in [6.07, 6.45) is 6.26. The van der Waals surface area contributed by atoms with Crippen molar-refractivity contribution >= 4 is 28.4 Å². The fraction of sp³-hybridized carbons (Fsp3) is 0.129. The number of allylic oxidation sites excluding steroid dienone is 4. The van der Waals surface area contributed by atoms with Crippen LogP contribution in [0.3, 0.4) is 0 Å². The van der Waals surface area contributed by atoms with E-state index in [1.54, 1.807) is 0 Å². The first-order chi connectivity index (χ1) is 17.2. The SMILES string of the molecule is CCN1C(=C2C=CN3C(=C2)C(=O)C(c2ccccc2)=C3c2ccccc2)N(CC)c2ccccc21. The molecule has 0 N–H and O–H groups in total. The van der Waals surface area contributed by atoms with Gasteiger partial charge in [-0.25, -0.2) is 0 Å². The van der Waals surface area contributed by atoms with E-state index in [0.29, 0.717) is 5.70 Å². The van der Waals surface area contributed by atoms with Crippen molar-refractivity contribution in [2.24, 2.45) is 0 Å². The van der Waals surface area contributed by atoms with Crippen LogP contribution in [-0.2, 0) is 4.79 Å². The molecule has 172 valence electrons. The van der Waals surface area contributed by atoms with E-state index in [0.717, 1.165) is 46.9 Å². The second kappa shape index (κ2) is 8.48. The van der Waals surface area contributed by atoms with E-state index >= 15 is 0 Å². The summed E-state index contributed by atoms with van der Waals surface area (Å²) in [5.74, 6) is 1.18. The average Bonchev–Trinajstić information content (AvgIpc) is 3.40. The zero-order valence-corrected chi connectivity index (χ0v) is 20.0. The van der Waals surface area contributed by atoms with E-state index in [1.807, 2.05) is 48.5 Å². The fourth-order valence-electron chi connectivity index (χ4n) is 5.36. The number of carbonyl (C=O) groups is 1. The van der Waals surface area contributed by atoms with Crippen molar-refractivity contribution in [2.75, 3.05) is 22.9 Å². The maximum atomic E-state index is 14.0. The van der Waals surface area contributed by atoms with E-state index in [2.05, 4.69) is 83.3 Å². The van der Waals surface area contributed by atoms with Crippen LogP contribution < -0.4 is 9.80 Å². The van der Waals surface area contributed by atoms with Crippen LogP contribution in [0.5, 0.6) is 0 Å². The molecule has 3 aromatic rings. The molecule has 0 saturated heterocycles. The number of para-hydroxylation sites is 2. The molecule has 3 heterocycles. The Morgan fingerprint density at radius 3 is 1.80 bits per heavy atom. The number of hydrogen-bond acceptors (Lipinski definition) is 4. The van der Waals surface area contributed by atoms with Gasteiger partial charge in [0, 0.05) is 24.9 Å². The smallest absolute Gasteiger partial charge is 0.212 e. The van der Waals surface area contributed by atoms with Gasteiger partial charge in [0.1, 0.15) is 5.82 Å². The van der Waals surface area contributed by atoms with Gasteiger partial charge in [0.25, 0.3) is 0 Å². The lowest BCUT2D eigenvalue weighted by molar-refractivity contribution is -0.110. The Labute approximate surface area is 206 Å². The van der Waals surface area contributed by atoms with Gasteiger partial charge in [0.05, 0.1) is 28.3 Å². The van der Waals surface area contributed by atoms with Crippen molar-refractivity contribution in [3.8, 4) is 0 Å². The predicted octanol–water partition coefficient (Wildman–Crippen LogP) is 6.43. The molecular formula is C31H27N3O. The molecule has 3 aliphatic rings. The van der Waals surface area contributed by atoms with Gasteiger partial charge >= 0.3 is 0 Å². The third-order valence-corrected chi connectivity index (χ3v) is 6.87. The van der Waals surface area contributed by atoms with E-state index < -0.39 is 0 Å². The highest BCUT2D eigenvalue weighted by Crippen LogP contribution is 2.46. The van der Waals surface area contributed by atoms with Crippen molar-refractivity contribution in [2.45, 2.75) is 13.8 Å². The van der Waals surface area contributed by atoms with Gasteiger partial charge in [0.2, 0.25) is 5.78 Å². The third kappa shape index (κ3) is 3.25. The molecule has 0 saturated carbocycles. The molecule has 0 bridgehead atoms. The van der Waals surface area contributed by atoms with Crippen LogP contribution in [0, 0.1) is 0 Å². The number of nitrogens with zero attached hydrogens (tertiary/aromatic N) is 3. The Kier molecular flexibility index (Phi) is 5.14. The quantitative estimate of drug-likeness (QED) is 0.451. The molecule has 0 amide bonds. The Hall–Kier alpha value is -4.31. The molecule has 4 heteroatoms. The topological polar surface area (TPSA) is 26.8 Å². The van der Waals surface area contributed by atoms with E-state index in [4.69, 9.17) is 0 Å². The molecule has 0 radical (unpaired) electrons. The van der Waals surface area contributed by atoms with Gasteiger partial charge < -0.3 is 14.7 Å². The Bertz CT molecular complexity index is 1400. The summed E-state index contributed by atoms with van der Waals surface area (Å²) >= 11 is 0. The highest BCUT2D eigenvalue weighted by Gasteiger charge is 2.38. The lowest BCUT2D eigenvalue weighted by atomic mass is 9.98. The maximum Gasteiger partial charge on any atom is 0.212 e. The first kappa shape index (κ1) is 21.2. The molecule has 3 aromatic carbocycles. The highest BCUT2D eigenvalue weighted by atomic mass is 16.1. The first-order valence-electron chi connectivity index (χ1n) is 12.2. The van der Waals surface area contributed by atoms with Crippen LogP contribution in [0.25, 0.3) is 11.3 Å². The zero-order chi connectivity index (χ0) is 23.9. The number of ketones is 1. The van der Waals surface area contributed by atoms with Gasteiger partial charge in [-0.15, -0.1) is 0 Å². The summed E-state index contributed by atoms with van der Waals surface area (Å²) < 4.78 is 0. The minimum atomic E-state index is 0.0547. The fourth-order valence-corrected chi connectivity index (χ4v) is 5.36. The average molecular weight is 458 g/mol. The van der Waals surface area contributed by atoms with Crippen LogP contribution in [0.2, 0.25) is 0 Å². The minimum Gasteiger partial charge on any atom is -0.326 e. The summed E-state index contributed by atoms with van der Waals surface area (Å²) in [7, 11) is 0. The summed E-state index contributed by atoms with van der Waals surface area (Å²) in [4.78, 5) is 20.7. The van der Waals surface area contributed by atoms with E-state index in [9.17, 15) is 4.79 Å². The van der Waals surface area contributed by atoms with Crippen molar-refractivity contribution in [1.82, 2.24) is 4.90 Å². The molecule has 0 spiro atoms. The minimum absolute atomic E-state index is 0.0547. The number of fused-ring (bicyclic) bond motifs is 2. The number of rotatable bonds is 4. The monoisotopic (exact) mass is 457 g/mol. The predicted molar refractivity (Wildman–Crippen MR) is 143 cm³/mol.